The highest BCUT2D eigenvalue weighted by atomic mass is 35.5. The lowest BCUT2D eigenvalue weighted by molar-refractivity contribution is 0.0964. The van der Waals surface area contributed by atoms with Crippen molar-refractivity contribution < 1.29 is 4.79 Å². The number of amides is 1. The van der Waals surface area contributed by atoms with E-state index in [1.54, 1.807) is 43.3 Å². The third-order valence-corrected chi connectivity index (χ3v) is 3.42. The van der Waals surface area contributed by atoms with Gasteiger partial charge in [0, 0.05) is 25.9 Å². The highest BCUT2D eigenvalue weighted by Gasteiger charge is 2.15. The summed E-state index contributed by atoms with van der Waals surface area (Å²) in [4.78, 5) is 20.7. The molecule has 0 fully saturated rings. The first-order valence-electron chi connectivity index (χ1n) is 6.27. The fourth-order valence-electron chi connectivity index (χ4n) is 2.11. The monoisotopic (exact) mass is 301 g/mol. The normalized spacial score (nSPS) is 10.8. The second kappa shape index (κ2) is 5.14. The van der Waals surface area contributed by atoms with Crippen molar-refractivity contribution in [2.75, 3.05) is 7.05 Å². The molecule has 0 spiro atoms. The molecule has 106 valence electrons. The van der Waals surface area contributed by atoms with E-state index in [1.807, 2.05) is 6.07 Å². The zero-order chi connectivity index (χ0) is 15.0. The quantitative estimate of drug-likeness (QED) is 0.735. The number of hydrogen-bond acceptors (Lipinski definition) is 4. The number of fused-ring (bicyclic) bond motifs is 1. The van der Waals surface area contributed by atoms with Crippen LogP contribution in [0.15, 0.2) is 30.6 Å². The zero-order valence-corrected chi connectivity index (χ0v) is 12.2. The Labute approximate surface area is 125 Å². The fraction of sp³-hybridized carbons (Fsp3) is 0.143. The maximum atomic E-state index is 12.1. The summed E-state index contributed by atoms with van der Waals surface area (Å²) in [5, 5.41) is 7.91. The molecule has 0 aromatic carbocycles. The predicted molar refractivity (Wildman–Crippen MR) is 80.1 cm³/mol. The van der Waals surface area contributed by atoms with Crippen molar-refractivity contribution in [2.45, 2.75) is 0 Å². The van der Waals surface area contributed by atoms with E-state index in [4.69, 9.17) is 11.6 Å². The van der Waals surface area contributed by atoms with E-state index in [2.05, 4.69) is 20.4 Å². The van der Waals surface area contributed by atoms with Gasteiger partial charge in [0.05, 0.1) is 22.8 Å². The van der Waals surface area contributed by atoms with Crippen molar-refractivity contribution in [3.8, 4) is 11.3 Å². The number of pyridine rings is 2. The number of carbonyl (C=O) groups is 1. The van der Waals surface area contributed by atoms with E-state index in [1.165, 1.54) is 0 Å². The molecule has 3 rings (SSSR count). The average molecular weight is 302 g/mol. The van der Waals surface area contributed by atoms with E-state index in [0.717, 1.165) is 5.56 Å². The second-order valence-electron chi connectivity index (χ2n) is 4.51. The number of halogens is 1. The van der Waals surface area contributed by atoms with Crippen molar-refractivity contribution in [1.82, 2.24) is 25.1 Å². The lowest BCUT2D eigenvalue weighted by Crippen LogP contribution is -2.18. The minimum absolute atomic E-state index is 0.182. The molecular weight excluding hydrogens is 290 g/mol. The van der Waals surface area contributed by atoms with E-state index in [0.29, 0.717) is 27.4 Å². The van der Waals surface area contributed by atoms with Crippen molar-refractivity contribution in [3.63, 3.8) is 0 Å². The average Bonchev–Trinajstić information content (AvgIpc) is 2.88. The topological polar surface area (TPSA) is 72.7 Å². The summed E-state index contributed by atoms with van der Waals surface area (Å²) in [5.41, 5.74) is 2.60. The van der Waals surface area contributed by atoms with E-state index >= 15 is 0 Å². The van der Waals surface area contributed by atoms with Crippen molar-refractivity contribution in [3.05, 3.63) is 41.3 Å². The standard InChI is InChI=1S/C14H12ClN5O/c1-16-14(21)9-5-11(8-3-4-12(15)17-6-8)19-13-10(9)7-18-20(13)2/h3-7H,1-2H3,(H,16,21). The van der Waals surface area contributed by atoms with Crippen LogP contribution in [0.5, 0.6) is 0 Å². The third kappa shape index (κ3) is 2.34. The molecule has 0 saturated carbocycles. The third-order valence-electron chi connectivity index (χ3n) is 3.20. The van der Waals surface area contributed by atoms with Gasteiger partial charge >= 0.3 is 0 Å². The smallest absolute Gasteiger partial charge is 0.251 e. The zero-order valence-electron chi connectivity index (χ0n) is 11.5. The van der Waals surface area contributed by atoms with Crippen LogP contribution in [-0.2, 0) is 7.05 Å². The summed E-state index contributed by atoms with van der Waals surface area (Å²) in [7, 11) is 3.38. The van der Waals surface area contributed by atoms with Crippen LogP contribution < -0.4 is 5.32 Å². The van der Waals surface area contributed by atoms with Gasteiger partial charge in [-0.1, -0.05) is 11.6 Å². The number of aromatic nitrogens is 4. The van der Waals surface area contributed by atoms with Gasteiger partial charge in [0.25, 0.3) is 5.91 Å². The SMILES string of the molecule is CNC(=O)c1cc(-c2ccc(Cl)nc2)nc2c1cnn2C. The van der Waals surface area contributed by atoms with Crippen LogP contribution in [0.3, 0.4) is 0 Å². The molecule has 0 unspecified atom stereocenters. The summed E-state index contributed by atoms with van der Waals surface area (Å²) < 4.78 is 1.63. The molecule has 0 bridgehead atoms. The van der Waals surface area contributed by atoms with Gasteiger partial charge in [0.15, 0.2) is 5.65 Å². The van der Waals surface area contributed by atoms with Gasteiger partial charge < -0.3 is 5.32 Å². The van der Waals surface area contributed by atoms with Gasteiger partial charge in [-0.3, -0.25) is 9.48 Å². The lowest BCUT2D eigenvalue weighted by atomic mass is 10.1. The minimum atomic E-state index is -0.182. The van der Waals surface area contributed by atoms with Crippen LogP contribution in [0.25, 0.3) is 22.3 Å². The number of rotatable bonds is 2. The van der Waals surface area contributed by atoms with Gasteiger partial charge in [-0.15, -0.1) is 0 Å². The molecule has 21 heavy (non-hydrogen) atoms. The highest BCUT2D eigenvalue weighted by molar-refractivity contribution is 6.29. The van der Waals surface area contributed by atoms with Crippen LogP contribution in [0, 0.1) is 0 Å². The Bertz CT molecular complexity index is 825. The van der Waals surface area contributed by atoms with Gasteiger partial charge in [-0.2, -0.15) is 5.10 Å². The molecule has 3 heterocycles. The summed E-state index contributed by atoms with van der Waals surface area (Å²) >= 11 is 5.80. The van der Waals surface area contributed by atoms with Crippen molar-refractivity contribution in [2.24, 2.45) is 7.05 Å². The molecule has 1 amide bonds. The Morgan fingerprint density at radius 1 is 1.33 bits per heavy atom. The van der Waals surface area contributed by atoms with E-state index in [9.17, 15) is 4.79 Å². The Morgan fingerprint density at radius 3 is 2.81 bits per heavy atom. The number of carbonyl (C=O) groups excluding carboxylic acids is 1. The van der Waals surface area contributed by atoms with Crippen LogP contribution in [0.2, 0.25) is 5.15 Å². The first kappa shape index (κ1) is 13.5. The Balaban J connectivity index is 2.26. The largest absolute Gasteiger partial charge is 0.355 e. The molecule has 3 aromatic heterocycles. The molecule has 0 saturated heterocycles. The second-order valence-corrected chi connectivity index (χ2v) is 4.90. The molecule has 0 aliphatic carbocycles. The molecule has 3 aromatic rings. The molecule has 7 heteroatoms. The molecular formula is C14H12ClN5O. The number of nitrogens with one attached hydrogen (secondary N) is 1. The van der Waals surface area contributed by atoms with Gasteiger partial charge in [0.1, 0.15) is 5.15 Å². The Morgan fingerprint density at radius 2 is 2.14 bits per heavy atom. The molecule has 6 nitrogen and oxygen atoms in total. The Hall–Kier alpha value is -2.47. The van der Waals surface area contributed by atoms with Crippen LogP contribution in [0.4, 0.5) is 0 Å². The highest BCUT2D eigenvalue weighted by Crippen LogP contribution is 2.24. The summed E-state index contributed by atoms with van der Waals surface area (Å²) in [6.45, 7) is 0. The van der Waals surface area contributed by atoms with E-state index in [-0.39, 0.29) is 5.91 Å². The summed E-state index contributed by atoms with van der Waals surface area (Å²) in [6, 6.07) is 5.23. The molecule has 0 radical (unpaired) electrons. The van der Waals surface area contributed by atoms with Crippen molar-refractivity contribution >= 4 is 28.5 Å². The van der Waals surface area contributed by atoms with Gasteiger partial charge in [-0.05, 0) is 18.2 Å². The molecule has 0 aliphatic heterocycles. The first-order chi connectivity index (χ1) is 10.1. The Kier molecular flexibility index (Phi) is 3.31. The maximum absolute atomic E-state index is 12.1. The number of nitrogens with zero attached hydrogens (tertiary/aromatic N) is 4. The maximum Gasteiger partial charge on any atom is 0.251 e. The first-order valence-corrected chi connectivity index (χ1v) is 6.64. The fourth-order valence-corrected chi connectivity index (χ4v) is 2.22. The van der Waals surface area contributed by atoms with Gasteiger partial charge in [-0.25, -0.2) is 9.97 Å². The molecule has 1 N–H and O–H groups in total. The molecule has 0 atom stereocenters. The van der Waals surface area contributed by atoms with Gasteiger partial charge in [0.2, 0.25) is 0 Å². The van der Waals surface area contributed by atoms with Crippen LogP contribution in [-0.4, -0.2) is 32.7 Å². The number of hydrogen-bond donors (Lipinski definition) is 1. The van der Waals surface area contributed by atoms with Crippen molar-refractivity contribution in [1.29, 1.82) is 0 Å². The summed E-state index contributed by atoms with van der Waals surface area (Å²) in [6.07, 6.45) is 3.26. The molecule has 0 aliphatic rings. The van der Waals surface area contributed by atoms with E-state index < -0.39 is 0 Å². The van der Waals surface area contributed by atoms with Crippen LogP contribution in [0.1, 0.15) is 10.4 Å². The summed E-state index contributed by atoms with van der Waals surface area (Å²) in [5.74, 6) is -0.182. The lowest BCUT2D eigenvalue weighted by Gasteiger charge is -2.06. The van der Waals surface area contributed by atoms with Crippen LogP contribution >= 0.6 is 11.6 Å². The minimum Gasteiger partial charge on any atom is -0.355 e. The number of aryl methyl sites for hydroxylation is 1. The predicted octanol–water partition coefficient (Wildman–Crippen LogP) is 2.04.